The summed E-state index contributed by atoms with van der Waals surface area (Å²) < 4.78 is 73.3. The molecule has 5 rings (SSSR count). The molecular weight excluding hydrogens is 648 g/mol. The Bertz CT molecular complexity index is 1610. The van der Waals surface area contributed by atoms with Crippen LogP contribution in [0.15, 0.2) is 71.6 Å². The van der Waals surface area contributed by atoms with E-state index in [1.165, 1.54) is 72.7 Å². The Hall–Kier alpha value is -3.25. The van der Waals surface area contributed by atoms with E-state index in [1.54, 1.807) is 18.2 Å². The number of amides is 1. The summed E-state index contributed by atoms with van der Waals surface area (Å²) in [6.07, 6.45) is 6.63. The van der Waals surface area contributed by atoms with Gasteiger partial charge in [0.25, 0.3) is 5.92 Å². The van der Waals surface area contributed by atoms with E-state index < -0.39 is 33.5 Å². The van der Waals surface area contributed by atoms with E-state index in [1.807, 2.05) is 6.92 Å². The molecule has 8 nitrogen and oxygen atoms in total. The zero-order valence-electron chi connectivity index (χ0n) is 26.5. The molecule has 12 heteroatoms. The van der Waals surface area contributed by atoms with Crippen LogP contribution >= 0.6 is 11.6 Å². The average molecular weight is 690 g/mol. The molecule has 1 saturated heterocycles. The number of hydrogen-bond acceptors (Lipinski definition) is 6. The second kappa shape index (κ2) is 15.3. The maximum atomic E-state index is 16.4. The molecule has 1 aliphatic heterocycles. The van der Waals surface area contributed by atoms with Crippen molar-refractivity contribution >= 4 is 27.5 Å². The number of rotatable bonds is 12. The Labute approximate surface area is 280 Å². The Morgan fingerprint density at radius 1 is 0.957 bits per heavy atom. The van der Waals surface area contributed by atoms with E-state index in [2.05, 4.69) is 4.72 Å². The standard InChI is InChI=1S/C35H42ClF2N3O5S/c1-2-45-32-22-26(10-17-31(32)36)25-8-11-27(12-9-25)35(37,38)33(34(42)41-20-18-28(39)19-21-41)40-47(43,44)30-15-13-29(14-16-30)46-23-24-6-4-3-5-7-24/h8-17,22,24,28,33,40H,2-7,18-21,23,39H2,1H3/t33-/m1/s1. The summed E-state index contributed by atoms with van der Waals surface area (Å²) in [5, 5.41) is 0.424. The topological polar surface area (TPSA) is 111 Å². The van der Waals surface area contributed by atoms with Gasteiger partial charge in [-0.2, -0.15) is 13.5 Å². The van der Waals surface area contributed by atoms with Crippen LogP contribution in [0.3, 0.4) is 0 Å². The van der Waals surface area contributed by atoms with E-state index in [0.717, 1.165) is 12.8 Å². The van der Waals surface area contributed by atoms with Gasteiger partial charge in [-0.1, -0.05) is 61.2 Å². The molecule has 1 saturated carbocycles. The molecule has 0 bridgehead atoms. The zero-order chi connectivity index (χ0) is 33.6. The van der Waals surface area contributed by atoms with Gasteiger partial charge in [-0.05, 0) is 86.1 Å². The van der Waals surface area contributed by atoms with Gasteiger partial charge in [0.15, 0.2) is 6.04 Å². The van der Waals surface area contributed by atoms with Crippen LogP contribution < -0.4 is 19.9 Å². The number of alkyl halides is 2. The number of carbonyl (C=O) groups excluding carboxylic acids is 1. The molecule has 3 N–H and O–H groups in total. The first-order valence-electron chi connectivity index (χ1n) is 16.2. The van der Waals surface area contributed by atoms with Crippen LogP contribution in [-0.4, -0.2) is 57.6 Å². The number of nitrogens with zero attached hydrogens (tertiary/aromatic N) is 1. The van der Waals surface area contributed by atoms with E-state index in [9.17, 15) is 13.2 Å². The Kier molecular flexibility index (Phi) is 11.4. The average Bonchev–Trinajstić information content (AvgIpc) is 3.08. The van der Waals surface area contributed by atoms with Crippen LogP contribution in [0.2, 0.25) is 5.02 Å². The van der Waals surface area contributed by atoms with Crippen molar-refractivity contribution in [1.82, 2.24) is 9.62 Å². The van der Waals surface area contributed by atoms with E-state index >= 15 is 8.78 Å². The fourth-order valence-corrected chi connectivity index (χ4v) is 7.45. The van der Waals surface area contributed by atoms with Crippen LogP contribution in [0.5, 0.6) is 11.5 Å². The molecule has 1 atom stereocenters. The number of sulfonamides is 1. The maximum Gasteiger partial charge on any atom is 0.298 e. The first kappa shape index (κ1) is 35.1. The second-order valence-electron chi connectivity index (χ2n) is 12.3. The monoisotopic (exact) mass is 689 g/mol. The zero-order valence-corrected chi connectivity index (χ0v) is 28.0. The third-order valence-electron chi connectivity index (χ3n) is 8.91. The number of nitrogens with two attached hydrogens (primary N) is 1. The first-order valence-corrected chi connectivity index (χ1v) is 18.0. The highest BCUT2D eigenvalue weighted by molar-refractivity contribution is 7.89. The lowest BCUT2D eigenvalue weighted by Crippen LogP contribution is -2.57. The molecule has 1 aliphatic carbocycles. The molecule has 0 unspecified atom stereocenters. The van der Waals surface area contributed by atoms with Crippen molar-refractivity contribution in [2.24, 2.45) is 11.7 Å². The molecule has 47 heavy (non-hydrogen) atoms. The molecule has 2 fully saturated rings. The summed E-state index contributed by atoms with van der Waals surface area (Å²) in [6.45, 7) is 3.07. The van der Waals surface area contributed by atoms with Crippen molar-refractivity contribution in [2.45, 2.75) is 74.8 Å². The molecule has 1 heterocycles. The Morgan fingerprint density at radius 2 is 1.60 bits per heavy atom. The molecule has 3 aromatic carbocycles. The van der Waals surface area contributed by atoms with Crippen molar-refractivity contribution in [2.75, 3.05) is 26.3 Å². The van der Waals surface area contributed by atoms with Gasteiger partial charge in [0, 0.05) is 24.7 Å². The highest BCUT2D eigenvalue weighted by atomic mass is 35.5. The SMILES string of the molecule is CCOc1cc(-c2ccc(C(F)(F)[C@H](NS(=O)(=O)c3ccc(OCC4CCCCC4)cc3)C(=O)N3CCC(N)CC3)cc2)ccc1Cl. The number of benzene rings is 3. The van der Waals surface area contributed by atoms with Crippen molar-refractivity contribution in [3.05, 3.63) is 77.3 Å². The van der Waals surface area contributed by atoms with Gasteiger partial charge >= 0.3 is 0 Å². The molecule has 0 radical (unpaired) electrons. The number of hydrogen-bond donors (Lipinski definition) is 2. The van der Waals surface area contributed by atoms with Gasteiger partial charge in [0.2, 0.25) is 15.9 Å². The summed E-state index contributed by atoms with van der Waals surface area (Å²) >= 11 is 6.20. The van der Waals surface area contributed by atoms with Gasteiger partial charge in [-0.15, -0.1) is 0 Å². The van der Waals surface area contributed by atoms with Gasteiger partial charge in [0.05, 0.1) is 23.1 Å². The second-order valence-corrected chi connectivity index (χ2v) is 14.4. The molecule has 1 amide bonds. The van der Waals surface area contributed by atoms with Crippen LogP contribution in [0.4, 0.5) is 8.78 Å². The highest BCUT2D eigenvalue weighted by Gasteiger charge is 2.50. The summed E-state index contributed by atoms with van der Waals surface area (Å²) in [6, 6.07) is 13.6. The third kappa shape index (κ3) is 8.62. The van der Waals surface area contributed by atoms with Crippen LogP contribution in [0.1, 0.15) is 57.4 Å². The maximum absolute atomic E-state index is 16.4. The van der Waals surface area contributed by atoms with Gasteiger partial charge in [-0.3, -0.25) is 4.79 Å². The Morgan fingerprint density at radius 3 is 2.23 bits per heavy atom. The van der Waals surface area contributed by atoms with Crippen molar-refractivity contribution in [1.29, 1.82) is 0 Å². The minimum Gasteiger partial charge on any atom is -0.493 e. The number of nitrogens with one attached hydrogen (secondary N) is 1. The minimum absolute atomic E-state index is 0.152. The predicted molar refractivity (Wildman–Crippen MR) is 178 cm³/mol. The van der Waals surface area contributed by atoms with Gasteiger partial charge in [-0.25, -0.2) is 8.42 Å². The number of carbonyl (C=O) groups is 1. The minimum atomic E-state index is -4.55. The van der Waals surface area contributed by atoms with Crippen LogP contribution in [0.25, 0.3) is 11.1 Å². The van der Waals surface area contributed by atoms with E-state index in [0.29, 0.717) is 59.6 Å². The summed E-state index contributed by atoms with van der Waals surface area (Å²) in [5.74, 6) is -3.50. The summed E-state index contributed by atoms with van der Waals surface area (Å²) in [4.78, 5) is 14.7. The smallest absolute Gasteiger partial charge is 0.298 e. The molecule has 2 aliphatic rings. The lowest BCUT2D eigenvalue weighted by atomic mass is 9.90. The van der Waals surface area contributed by atoms with Crippen LogP contribution in [-0.2, 0) is 20.7 Å². The lowest BCUT2D eigenvalue weighted by Gasteiger charge is -2.35. The lowest BCUT2D eigenvalue weighted by molar-refractivity contribution is -0.145. The molecule has 254 valence electrons. The van der Waals surface area contributed by atoms with Crippen LogP contribution in [0, 0.1) is 5.92 Å². The Balaban J connectivity index is 1.38. The number of piperidine rings is 1. The number of halogens is 3. The molecule has 0 spiro atoms. The van der Waals surface area contributed by atoms with E-state index in [-0.39, 0.29) is 24.0 Å². The van der Waals surface area contributed by atoms with Gasteiger partial charge in [0.1, 0.15) is 11.5 Å². The number of likely N-dealkylation sites (tertiary alicyclic amines) is 1. The first-order chi connectivity index (χ1) is 22.5. The quantitative estimate of drug-likeness (QED) is 0.218. The molecular formula is C35H42ClF2N3O5S. The number of ether oxygens (including phenoxy) is 2. The fraction of sp³-hybridized carbons (Fsp3) is 0.457. The normalized spacial score (nSPS) is 17.3. The molecule has 3 aromatic rings. The van der Waals surface area contributed by atoms with Crippen molar-refractivity contribution in [3.63, 3.8) is 0 Å². The van der Waals surface area contributed by atoms with E-state index in [4.69, 9.17) is 26.8 Å². The highest BCUT2D eigenvalue weighted by Crippen LogP contribution is 2.37. The predicted octanol–water partition coefficient (Wildman–Crippen LogP) is 6.75. The summed E-state index contributed by atoms with van der Waals surface area (Å²) in [5.41, 5.74) is 6.77. The summed E-state index contributed by atoms with van der Waals surface area (Å²) in [7, 11) is -4.55. The largest absolute Gasteiger partial charge is 0.493 e. The third-order valence-corrected chi connectivity index (χ3v) is 10.7. The van der Waals surface area contributed by atoms with Gasteiger partial charge < -0.3 is 20.1 Å². The van der Waals surface area contributed by atoms with Crippen molar-refractivity contribution < 1.29 is 31.5 Å². The fourth-order valence-electron chi connectivity index (χ4n) is 6.09. The molecule has 0 aromatic heterocycles. The van der Waals surface area contributed by atoms with Crippen molar-refractivity contribution in [3.8, 4) is 22.6 Å².